The summed E-state index contributed by atoms with van der Waals surface area (Å²) in [6.45, 7) is 7.02. The maximum atomic E-state index is 12.6. The van der Waals surface area contributed by atoms with Gasteiger partial charge in [0.05, 0.1) is 0 Å². The number of nitrogens with zero attached hydrogens (tertiary/aromatic N) is 1. The highest BCUT2D eigenvalue weighted by molar-refractivity contribution is 7.87. The highest BCUT2D eigenvalue weighted by Gasteiger charge is 2.25. The second kappa shape index (κ2) is 6.55. The number of aromatic amines is 1. The molecule has 1 saturated heterocycles. The monoisotopic (exact) mass is 362 g/mol. The summed E-state index contributed by atoms with van der Waals surface area (Å²) in [5, 5.41) is 0. The Bertz CT molecular complexity index is 909. The zero-order valence-electron chi connectivity index (χ0n) is 14.6. The van der Waals surface area contributed by atoms with Crippen LogP contribution in [0.1, 0.15) is 40.0 Å². The summed E-state index contributed by atoms with van der Waals surface area (Å²) in [5.41, 5.74) is 2.93. The van der Waals surface area contributed by atoms with E-state index in [2.05, 4.69) is 4.98 Å². The summed E-state index contributed by atoms with van der Waals surface area (Å²) in [4.78, 5) is 16.8. The van der Waals surface area contributed by atoms with Crippen LogP contribution >= 0.6 is 0 Å². The van der Waals surface area contributed by atoms with Crippen molar-refractivity contribution in [1.82, 2.24) is 9.88 Å². The summed E-state index contributed by atoms with van der Waals surface area (Å²) in [7, 11) is -4.01. The van der Waals surface area contributed by atoms with Crippen LogP contribution in [0.3, 0.4) is 0 Å². The van der Waals surface area contributed by atoms with Crippen LogP contribution in [0, 0.1) is 20.8 Å². The number of hydrogen-bond donors (Lipinski definition) is 1. The highest BCUT2D eigenvalue weighted by atomic mass is 32.2. The fourth-order valence-electron chi connectivity index (χ4n) is 2.99. The molecule has 3 rings (SSSR count). The van der Waals surface area contributed by atoms with E-state index in [0.717, 1.165) is 29.5 Å². The first-order chi connectivity index (χ1) is 11.8. The van der Waals surface area contributed by atoms with Crippen LogP contribution in [-0.4, -0.2) is 37.3 Å². The van der Waals surface area contributed by atoms with Crippen LogP contribution in [0.2, 0.25) is 0 Å². The van der Waals surface area contributed by atoms with Gasteiger partial charge in [-0.3, -0.25) is 4.79 Å². The second-order valence-corrected chi connectivity index (χ2v) is 8.04. The third-order valence-corrected chi connectivity index (χ3v) is 5.74. The Labute approximate surface area is 147 Å². The first-order valence-electron chi connectivity index (χ1n) is 8.28. The minimum Gasteiger partial charge on any atom is -0.379 e. The Morgan fingerprint density at radius 1 is 1.12 bits per heavy atom. The molecule has 1 amide bonds. The molecule has 25 heavy (non-hydrogen) atoms. The molecule has 0 saturated carbocycles. The Balaban J connectivity index is 1.85. The average Bonchev–Trinajstić information content (AvgIpc) is 3.22. The van der Waals surface area contributed by atoms with Crippen molar-refractivity contribution in [3.05, 3.63) is 46.8 Å². The highest BCUT2D eigenvalue weighted by Crippen LogP contribution is 2.27. The van der Waals surface area contributed by atoms with E-state index in [1.807, 2.05) is 26.8 Å². The average molecular weight is 362 g/mol. The smallest absolute Gasteiger partial charge is 0.340 e. The van der Waals surface area contributed by atoms with E-state index in [-0.39, 0.29) is 16.5 Å². The van der Waals surface area contributed by atoms with Crippen molar-refractivity contribution in [1.29, 1.82) is 0 Å². The van der Waals surface area contributed by atoms with E-state index >= 15 is 0 Å². The van der Waals surface area contributed by atoms with E-state index in [0.29, 0.717) is 18.8 Å². The first kappa shape index (κ1) is 17.5. The quantitative estimate of drug-likeness (QED) is 0.848. The molecule has 0 radical (unpaired) electrons. The van der Waals surface area contributed by atoms with Gasteiger partial charge in [0.2, 0.25) is 0 Å². The molecule has 2 aromatic rings. The predicted molar refractivity (Wildman–Crippen MR) is 94.4 cm³/mol. The minimum absolute atomic E-state index is 0.0476. The zero-order valence-corrected chi connectivity index (χ0v) is 15.4. The molecule has 134 valence electrons. The Morgan fingerprint density at radius 2 is 1.80 bits per heavy atom. The molecule has 2 heterocycles. The van der Waals surface area contributed by atoms with Gasteiger partial charge in [-0.15, -0.1) is 0 Å². The van der Waals surface area contributed by atoms with Crippen LogP contribution in [0.25, 0.3) is 0 Å². The van der Waals surface area contributed by atoms with E-state index < -0.39 is 10.1 Å². The van der Waals surface area contributed by atoms with E-state index in [1.54, 1.807) is 11.0 Å². The van der Waals surface area contributed by atoms with Crippen LogP contribution in [0.15, 0.2) is 29.3 Å². The van der Waals surface area contributed by atoms with Crippen molar-refractivity contribution in [2.75, 3.05) is 13.1 Å². The standard InChI is InChI=1S/C18H22N2O4S/c1-12-8-13(2)14(3)17(9-12)24-25(22,23)15-10-16(19-11-15)18(21)20-6-4-5-7-20/h8-11,19H,4-7H2,1-3H3. The Morgan fingerprint density at radius 3 is 2.48 bits per heavy atom. The van der Waals surface area contributed by atoms with Gasteiger partial charge >= 0.3 is 10.1 Å². The molecule has 1 N–H and O–H groups in total. The zero-order chi connectivity index (χ0) is 18.2. The van der Waals surface area contributed by atoms with Crippen LogP contribution in [0.4, 0.5) is 0 Å². The minimum atomic E-state index is -4.01. The molecular weight excluding hydrogens is 340 g/mol. The van der Waals surface area contributed by atoms with Crippen LogP contribution in [0.5, 0.6) is 5.75 Å². The maximum Gasteiger partial charge on any atom is 0.340 e. The lowest BCUT2D eigenvalue weighted by Gasteiger charge is -2.13. The normalized spacial score (nSPS) is 14.8. The number of nitrogens with one attached hydrogen (secondary N) is 1. The third kappa shape index (κ3) is 3.56. The molecule has 1 aromatic carbocycles. The molecule has 0 atom stereocenters. The number of hydrogen-bond acceptors (Lipinski definition) is 4. The first-order valence-corrected chi connectivity index (χ1v) is 9.69. The van der Waals surface area contributed by atoms with Gasteiger partial charge in [-0.05, 0) is 62.4 Å². The second-order valence-electron chi connectivity index (χ2n) is 6.49. The van der Waals surface area contributed by atoms with Gasteiger partial charge in [0.25, 0.3) is 5.91 Å². The number of carbonyl (C=O) groups excluding carboxylic acids is 1. The van der Waals surface area contributed by atoms with E-state index in [9.17, 15) is 13.2 Å². The van der Waals surface area contributed by atoms with Gasteiger partial charge in [-0.1, -0.05) is 6.07 Å². The molecule has 0 spiro atoms. The number of benzene rings is 1. The van der Waals surface area contributed by atoms with Crippen molar-refractivity contribution in [3.8, 4) is 5.75 Å². The molecule has 1 fully saturated rings. The summed E-state index contributed by atoms with van der Waals surface area (Å²) in [5.74, 6) is 0.132. The van der Waals surface area contributed by atoms with Crippen molar-refractivity contribution in [2.45, 2.75) is 38.5 Å². The van der Waals surface area contributed by atoms with E-state index in [4.69, 9.17) is 4.18 Å². The lowest BCUT2D eigenvalue weighted by molar-refractivity contribution is 0.0787. The third-order valence-electron chi connectivity index (χ3n) is 4.53. The molecule has 1 aliphatic heterocycles. The largest absolute Gasteiger partial charge is 0.379 e. The topological polar surface area (TPSA) is 79.5 Å². The fourth-order valence-corrected chi connectivity index (χ4v) is 3.96. The number of amides is 1. The summed E-state index contributed by atoms with van der Waals surface area (Å²) < 4.78 is 30.5. The molecule has 0 bridgehead atoms. The maximum absolute atomic E-state index is 12.6. The Kier molecular flexibility index (Phi) is 4.60. The van der Waals surface area contributed by atoms with Crippen molar-refractivity contribution >= 4 is 16.0 Å². The number of carbonyl (C=O) groups is 1. The molecule has 1 aliphatic rings. The lowest BCUT2D eigenvalue weighted by atomic mass is 10.1. The predicted octanol–water partition coefficient (Wildman–Crippen LogP) is 2.94. The molecule has 1 aromatic heterocycles. The van der Waals surface area contributed by atoms with Gasteiger partial charge in [-0.25, -0.2) is 0 Å². The summed E-state index contributed by atoms with van der Waals surface area (Å²) >= 11 is 0. The number of rotatable bonds is 4. The Hall–Kier alpha value is -2.28. The fraction of sp³-hybridized carbons (Fsp3) is 0.389. The number of H-pyrrole nitrogens is 1. The summed E-state index contributed by atoms with van der Waals surface area (Å²) in [6, 6.07) is 5.01. The lowest BCUT2D eigenvalue weighted by Crippen LogP contribution is -2.27. The van der Waals surface area contributed by atoms with Crippen LogP contribution < -0.4 is 4.18 Å². The number of likely N-dealkylation sites (tertiary alicyclic amines) is 1. The van der Waals surface area contributed by atoms with Crippen LogP contribution in [-0.2, 0) is 10.1 Å². The SMILES string of the molecule is Cc1cc(C)c(C)c(OS(=O)(=O)c2c[nH]c(C(=O)N3CCCC3)c2)c1. The van der Waals surface area contributed by atoms with Gasteiger partial charge in [0, 0.05) is 19.3 Å². The molecule has 7 heteroatoms. The van der Waals surface area contributed by atoms with Crippen molar-refractivity contribution in [3.63, 3.8) is 0 Å². The number of aryl methyl sites for hydroxylation is 2. The van der Waals surface area contributed by atoms with Crippen molar-refractivity contribution < 1.29 is 17.4 Å². The molecule has 0 aliphatic carbocycles. The molecular formula is C18H22N2O4S. The molecule has 0 unspecified atom stereocenters. The van der Waals surface area contributed by atoms with Gasteiger partial charge in [0.15, 0.2) is 0 Å². The summed E-state index contributed by atoms with van der Waals surface area (Å²) in [6.07, 6.45) is 3.26. The van der Waals surface area contributed by atoms with Gasteiger partial charge < -0.3 is 14.1 Å². The van der Waals surface area contributed by atoms with E-state index in [1.165, 1.54) is 12.3 Å². The van der Waals surface area contributed by atoms with Crippen molar-refractivity contribution in [2.24, 2.45) is 0 Å². The van der Waals surface area contributed by atoms with Gasteiger partial charge in [0.1, 0.15) is 16.3 Å². The number of aromatic nitrogens is 1. The van der Waals surface area contributed by atoms with Gasteiger partial charge in [-0.2, -0.15) is 8.42 Å². The molecule has 6 nitrogen and oxygen atoms in total.